The molecule has 90 valence electrons. The second-order valence-electron chi connectivity index (χ2n) is 4.46. The first-order chi connectivity index (χ1) is 7.54. The van der Waals surface area contributed by atoms with Gasteiger partial charge in [0.1, 0.15) is 0 Å². The molecule has 0 bridgehead atoms. The highest BCUT2D eigenvalue weighted by Crippen LogP contribution is 2.22. The lowest BCUT2D eigenvalue weighted by molar-refractivity contribution is 0.270. The number of hydrogen-bond acceptors (Lipinski definition) is 2. The van der Waals surface area contributed by atoms with Gasteiger partial charge in [0.2, 0.25) is 0 Å². The molecule has 0 spiro atoms. The first kappa shape index (κ1) is 13.0. The van der Waals surface area contributed by atoms with Crippen LogP contribution in [0.1, 0.15) is 25.8 Å². The van der Waals surface area contributed by atoms with Gasteiger partial charge >= 0.3 is 0 Å². The molecule has 1 N–H and O–H groups in total. The molecule has 3 heteroatoms. The third-order valence-electron chi connectivity index (χ3n) is 2.83. The molecule has 1 aromatic carbocycles. The number of rotatable bonds is 5. The van der Waals surface area contributed by atoms with Crippen molar-refractivity contribution in [1.29, 1.82) is 0 Å². The van der Waals surface area contributed by atoms with Gasteiger partial charge in [0, 0.05) is 18.7 Å². The lowest BCUT2D eigenvalue weighted by atomic mass is 10.1. The van der Waals surface area contributed by atoms with Crippen molar-refractivity contribution < 1.29 is 9.50 Å². The summed E-state index contributed by atoms with van der Waals surface area (Å²) in [6.45, 7) is 5.86. The third kappa shape index (κ3) is 3.49. The minimum atomic E-state index is -0.547. The Kier molecular flexibility index (Phi) is 4.74. The predicted molar refractivity (Wildman–Crippen MR) is 63.9 cm³/mol. The van der Waals surface area contributed by atoms with Crippen molar-refractivity contribution in [2.24, 2.45) is 5.92 Å². The molecular weight excluding hydrogens is 205 g/mol. The fraction of sp³-hybridized carbons (Fsp3) is 0.538. The van der Waals surface area contributed by atoms with Crippen molar-refractivity contribution in [2.75, 3.05) is 13.6 Å². The summed E-state index contributed by atoms with van der Waals surface area (Å²) in [7, 11) is 1.98. The molecule has 2 nitrogen and oxygen atoms in total. The molecule has 0 saturated heterocycles. The Balaban J connectivity index is 2.62. The molecule has 0 fully saturated rings. The van der Waals surface area contributed by atoms with Crippen LogP contribution in [-0.4, -0.2) is 23.6 Å². The van der Waals surface area contributed by atoms with Gasteiger partial charge in [-0.25, -0.2) is 4.39 Å². The van der Waals surface area contributed by atoms with Crippen molar-refractivity contribution >= 4 is 0 Å². The van der Waals surface area contributed by atoms with Crippen LogP contribution in [0, 0.1) is 11.7 Å². The standard InChI is InChI=1S/C13H20FNO/c1-4-10(2)8-15(3)9-11-6-5-7-12(14)13(11)16/h5-7,10,16H,4,8-9H2,1-3H3. The zero-order valence-corrected chi connectivity index (χ0v) is 10.2. The van der Waals surface area contributed by atoms with E-state index in [1.165, 1.54) is 6.07 Å². The summed E-state index contributed by atoms with van der Waals surface area (Å²) in [5.41, 5.74) is 0.644. The molecule has 0 aliphatic heterocycles. The van der Waals surface area contributed by atoms with E-state index in [0.29, 0.717) is 18.0 Å². The van der Waals surface area contributed by atoms with Crippen LogP contribution in [0.5, 0.6) is 5.75 Å². The maximum Gasteiger partial charge on any atom is 0.165 e. The molecule has 0 aromatic heterocycles. The minimum Gasteiger partial charge on any atom is -0.505 e. The van der Waals surface area contributed by atoms with E-state index < -0.39 is 5.82 Å². The number of hydrogen-bond donors (Lipinski definition) is 1. The van der Waals surface area contributed by atoms with E-state index in [1.54, 1.807) is 12.1 Å². The van der Waals surface area contributed by atoms with Gasteiger partial charge in [-0.2, -0.15) is 0 Å². The Bertz CT molecular complexity index is 341. The van der Waals surface area contributed by atoms with E-state index >= 15 is 0 Å². The summed E-state index contributed by atoms with van der Waals surface area (Å²) < 4.78 is 13.1. The van der Waals surface area contributed by atoms with E-state index in [9.17, 15) is 9.50 Å². The normalized spacial score (nSPS) is 13.1. The molecular formula is C13H20FNO. The first-order valence-electron chi connectivity index (χ1n) is 5.69. The number of aromatic hydroxyl groups is 1. The summed E-state index contributed by atoms with van der Waals surface area (Å²) in [4.78, 5) is 2.10. The van der Waals surface area contributed by atoms with Crippen LogP contribution in [0.15, 0.2) is 18.2 Å². The average Bonchev–Trinajstić information content (AvgIpc) is 2.24. The van der Waals surface area contributed by atoms with Crippen LogP contribution in [-0.2, 0) is 6.54 Å². The monoisotopic (exact) mass is 225 g/mol. The van der Waals surface area contributed by atoms with Crippen LogP contribution >= 0.6 is 0 Å². The van der Waals surface area contributed by atoms with E-state index in [-0.39, 0.29) is 5.75 Å². The highest BCUT2D eigenvalue weighted by Gasteiger charge is 2.10. The van der Waals surface area contributed by atoms with Gasteiger partial charge in [0.15, 0.2) is 11.6 Å². The fourth-order valence-corrected chi connectivity index (χ4v) is 1.70. The van der Waals surface area contributed by atoms with E-state index in [0.717, 1.165) is 13.0 Å². The summed E-state index contributed by atoms with van der Waals surface area (Å²) in [6.07, 6.45) is 1.12. The van der Waals surface area contributed by atoms with Crippen molar-refractivity contribution in [3.05, 3.63) is 29.6 Å². The van der Waals surface area contributed by atoms with Gasteiger partial charge < -0.3 is 10.0 Å². The molecule has 0 aliphatic rings. The molecule has 16 heavy (non-hydrogen) atoms. The maximum atomic E-state index is 13.1. The highest BCUT2D eigenvalue weighted by molar-refractivity contribution is 5.33. The number of benzene rings is 1. The zero-order chi connectivity index (χ0) is 12.1. The predicted octanol–water partition coefficient (Wildman–Crippen LogP) is 3.01. The van der Waals surface area contributed by atoms with Gasteiger partial charge in [0.25, 0.3) is 0 Å². The SMILES string of the molecule is CCC(C)CN(C)Cc1cccc(F)c1O. The number of phenolic OH excluding ortho intramolecular Hbond substituents is 1. The molecule has 0 saturated carbocycles. The molecule has 1 unspecified atom stereocenters. The highest BCUT2D eigenvalue weighted by atomic mass is 19.1. The lowest BCUT2D eigenvalue weighted by Crippen LogP contribution is -2.23. The van der Waals surface area contributed by atoms with Crippen molar-refractivity contribution in [3.63, 3.8) is 0 Å². The zero-order valence-electron chi connectivity index (χ0n) is 10.2. The number of nitrogens with zero attached hydrogens (tertiary/aromatic N) is 1. The van der Waals surface area contributed by atoms with E-state index in [4.69, 9.17) is 0 Å². The summed E-state index contributed by atoms with van der Waals surface area (Å²) >= 11 is 0. The first-order valence-corrected chi connectivity index (χ1v) is 5.69. The Morgan fingerprint density at radius 1 is 1.44 bits per heavy atom. The average molecular weight is 225 g/mol. The number of para-hydroxylation sites is 1. The van der Waals surface area contributed by atoms with Crippen molar-refractivity contribution in [3.8, 4) is 5.75 Å². The molecule has 0 amide bonds. The molecule has 0 aliphatic carbocycles. The molecule has 1 rings (SSSR count). The Hall–Kier alpha value is -1.09. The van der Waals surface area contributed by atoms with Gasteiger partial charge in [-0.05, 0) is 19.0 Å². The Labute approximate surface area is 96.7 Å². The fourth-order valence-electron chi connectivity index (χ4n) is 1.70. The number of halogens is 1. The molecule has 1 atom stereocenters. The van der Waals surface area contributed by atoms with Crippen LogP contribution in [0.25, 0.3) is 0 Å². The summed E-state index contributed by atoms with van der Waals surface area (Å²) in [5, 5.41) is 9.54. The minimum absolute atomic E-state index is 0.224. The number of phenols is 1. The molecule has 0 heterocycles. The van der Waals surface area contributed by atoms with Crippen LogP contribution < -0.4 is 0 Å². The molecule has 0 radical (unpaired) electrons. The van der Waals surface area contributed by atoms with E-state index in [1.807, 2.05) is 7.05 Å². The maximum absolute atomic E-state index is 13.1. The van der Waals surface area contributed by atoms with Crippen molar-refractivity contribution in [1.82, 2.24) is 4.90 Å². The largest absolute Gasteiger partial charge is 0.505 e. The topological polar surface area (TPSA) is 23.5 Å². The molecule has 1 aromatic rings. The van der Waals surface area contributed by atoms with E-state index in [2.05, 4.69) is 18.7 Å². The van der Waals surface area contributed by atoms with Gasteiger partial charge in [-0.3, -0.25) is 0 Å². The van der Waals surface area contributed by atoms with Gasteiger partial charge in [-0.1, -0.05) is 32.4 Å². The second kappa shape index (κ2) is 5.85. The van der Waals surface area contributed by atoms with Crippen LogP contribution in [0.3, 0.4) is 0 Å². The third-order valence-corrected chi connectivity index (χ3v) is 2.83. The van der Waals surface area contributed by atoms with Gasteiger partial charge in [0.05, 0.1) is 0 Å². The van der Waals surface area contributed by atoms with Crippen LogP contribution in [0.4, 0.5) is 4.39 Å². The Morgan fingerprint density at radius 2 is 2.12 bits per heavy atom. The van der Waals surface area contributed by atoms with Gasteiger partial charge in [-0.15, -0.1) is 0 Å². The Morgan fingerprint density at radius 3 is 2.75 bits per heavy atom. The van der Waals surface area contributed by atoms with Crippen molar-refractivity contribution in [2.45, 2.75) is 26.8 Å². The summed E-state index contributed by atoms with van der Waals surface area (Å²) in [5.74, 6) is -0.159. The summed E-state index contributed by atoms with van der Waals surface area (Å²) in [6, 6.07) is 4.65. The quantitative estimate of drug-likeness (QED) is 0.832. The smallest absolute Gasteiger partial charge is 0.165 e. The second-order valence-corrected chi connectivity index (χ2v) is 4.46. The lowest BCUT2D eigenvalue weighted by Gasteiger charge is -2.20. The van der Waals surface area contributed by atoms with Crippen LogP contribution in [0.2, 0.25) is 0 Å².